The van der Waals surface area contributed by atoms with Crippen LogP contribution in [-0.2, 0) is 9.53 Å². The first-order valence-corrected chi connectivity index (χ1v) is 11.4. The molecule has 1 N–H and O–H groups in total. The van der Waals surface area contributed by atoms with E-state index < -0.39 is 11.9 Å². The summed E-state index contributed by atoms with van der Waals surface area (Å²) in [6.07, 6.45) is 1.39. The fraction of sp³-hybridized carbons (Fsp3) is 0.190. The van der Waals surface area contributed by atoms with Gasteiger partial charge >= 0.3 is 11.9 Å². The van der Waals surface area contributed by atoms with Crippen LogP contribution in [0.5, 0.6) is 11.5 Å². The number of hydrazone groups is 1. The van der Waals surface area contributed by atoms with Crippen molar-refractivity contribution in [3.05, 3.63) is 54.7 Å². The molecule has 3 rings (SSSR count). The molecule has 2 aromatic carbocycles. The van der Waals surface area contributed by atoms with Crippen molar-refractivity contribution in [1.82, 2.24) is 5.43 Å². The Morgan fingerprint density at radius 3 is 2.78 bits per heavy atom. The van der Waals surface area contributed by atoms with Gasteiger partial charge in [0, 0.05) is 9.86 Å². The number of halogens is 3. The molecule has 1 heterocycles. The van der Waals surface area contributed by atoms with Crippen molar-refractivity contribution in [2.24, 2.45) is 5.10 Å². The first-order valence-electron chi connectivity index (χ1n) is 9.20. The third-order valence-corrected chi connectivity index (χ3v) is 5.57. The lowest BCUT2D eigenvalue weighted by Crippen LogP contribution is -2.16. The zero-order chi connectivity index (χ0) is 23.3. The van der Waals surface area contributed by atoms with Crippen LogP contribution in [0.15, 0.2) is 44.3 Å². The molecule has 0 aliphatic carbocycles. The van der Waals surface area contributed by atoms with Gasteiger partial charge in [0.25, 0.3) is 0 Å². The van der Waals surface area contributed by atoms with Gasteiger partial charge in [0.1, 0.15) is 5.58 Å². The summed E-state index contributed by atoms with van der Waals surface area (Å²) in [7, 11) is 1.44. The van der Waals surface area contributed by atoms with E-state index in [2.05, 4.69) is 49.0 Å². The number of fused-ring (bicyclic) bond motifs is 1. The predicted molar refractivity (Wildman–Crippen MR) is 132 cm³/mol. The molecule has 0 aliphatic heterocycles. The van der Waals surface area contributed by atoms with Crippen molar-refractivity contribution >= 4 is 79.2 Å². The normalized spacial score (nSPS) is 11.0. The van der Waals surface area contributed by atoms with Crippen molar-refractivity contribution in [2.75, 3.05) is 20.3 Å². The third-order valence-electron chi connectivity index (χ3n) is 4.03. The second kappa shape index (κ2) is 11.0. The van der Waals surface area contributed by atoms with E-state index >= 15 is 0 Å². The molecule has 0 atom stereocenters. The Bertz CT molecular complexity index is 1200. The minimum Gasteiger partial charge on any atom is -0.493 e. The largest absolute Gasteiger partial charge is 0.493 e. The van der Waals surface area contributed by atoms with Gasteiger partial charge in [-0.2, -0.15) is 5.10 Å². The molecule has 168 valence electrons. The Labute approximate surface area is 210 Å². The molecule has 0 spiro atoms. The summed E-state index contributed by atoms with van der Waals surface area (Å²) >= 11 is 11.8. The van der Waals surface area contributed by atoms with Gasteiger partial charge in [-0.05, 0) is 65.4 Å². The summed E-state index contributed by atoms with van der Waals surface area (Å²) in [5.41, 5.74) is 3.58. The van der Waals surface area contributed by atoms with Gasteiger partial charge in [-0.25, -0.2) is 10.2 Å². The number of hydrogen-bond donors (Lipinski definition) is 1. The fourth-order valence-electron chi connectivity index (χ4n) is 2.70. The molecular weight excluding hydrogens is 618 g/mol. The molecule has 3 aromatic rings. The molecule has 32 heavy (non-hydrogen) atoms. The van der Waals surface area contributed by atoms with E-state index in [0.29, 0.717) is 16.9 Å². The Kier molecular flexibility index (Phi) is 8.38. The zero-order valence-electron chi connectivity index (χ0n) is 16.9. The first-order chi connectivity index (χ1) is 15.3. The van der Waals surface area contributed by atoms with Gasteiger partial charge in [-0.1, -0.05) is 27.5 Å². The molecule has 0 bridgehead atoms. The van der Waals surface area contributed by atoms with Crippen LogP contribution in [0.25, 0.3) is 11.0 Å². The van der Waals surface area contributed by atoms with Crippen LogP contribution in [-0.4, -0.2) is 38.4 Å². The van der Waals surface area contributed by atoms with Gasteiger partial charge in [0.05, 0.1) is 28.5 Å². The number of carbonyl (C=O) groups excluding carboxylic acids is 2. The van der Waals surface area contributed by atoms with Gasteiger partial charge in [0.15, 0.2) is 23.9 Å². The highest BCUT2D eigenvalue weighted by atomic mass is 127. The number of ether oxygens (including phenoxy) is 3. The number of amides is 1. The van der Waals surface area contributed by atoms with Crippen LogP contribution in [0.4, 0.5) is 0 Å². The number of benzene rings is 2. The Hall–Kier alpha value is -2.31. The average Bonchev–Trinajstić information content (AvgIpc) is 3.17. The number of methoxy groups -OCH3 is 1. The van der Waals surface area contributed by atoms with Gasteiger partial charge in [-0.3, -0.25) is 4.79 Å². The number of hydrogen-bond acceptors (Lipinski definition) is 7. The van der Waals surface area contributed by atoms with E-state index in [4.69, 9.17) is 30.2 Å². The minimum atomic E-state index is -0.522. The first kappa shape index (κ1) is 24.3. The molecule has 0 fully saturated rings. The zero-order valence-corrected chi connectivity index (χ0v) is 21.4. The van der Waals surface area contributed by atoms with E-state index in [1.165, 1.54) is 13.3 Å². The molecule has 8 nitrogen and oxygen atoms in total. The van der Waals surface area contributed by atoms with Crippen LogP contribution in [0.1, 0.15) is 23.0 Å². The molecule has 0 saturated carbocycles. The number of carbonyl (C=O) groups is 2. The van der Waals surface area contributed by atoms with E-state index in [9.17, 15) is 9.59 Å². The van der Waals surface area contributed by atoms with Gasteiger partial charge in [-0.15, -0.1) is 0 Å². The van der Waals surface area contributed by atoms with Gasteiger partial charge < -0.3 is 18.6 Å². The standard InChI is InChI=1S/C21H17BrClIN2O6/c1-3-30-18(27)10-31-20-14(23)4-11(5-16(20)29-2)9-25-26-21(28)17-7-12-6-13(22)8-15(24)19(12)32-17/h4-9H,3,10H2,1-2H3,(H,26,28)/b25-9-. The second-order valence-corrected chi connectivity index (χ2v) is 8.73. The van der Waals surface area contributed by atoms with E-state index in [-0.39, 0.29) is 29.7 Å². The Balaban J connectivity index is 1.71. The smallest absolute Gasteiger partial charge is 0.344 e. The predicted octanol–water partition coefficient (Wildman–Crippen LogP) is 5.17. The number of esters is 1. The molecule has 1 amide bonds. The summed E-state index contributed by atoms with van der Waals surface area (Å²) in [5, 5.41) is 4.95. The molecule has 11 heteroatoms. The summed E-state index contributed by atoms with van der Waals surface area (Å²) < 4.78 is 22.9. The maximum Gasteiger partial charge on any atom is 0.344 e. The van der Waals surface area contributed by atoms with E-state index in [1.54, 1.807) is 25.1 Å². The van der Waals surface area contributed by atoms with Crippen molar-refractivity contribution in [3.63, 3.8) is 0 Å². The Morgan fingerprint density at radius 1 is 1.28 bits per heavy atom. The van der Waals surface area contributed by atoms with Crippen molar-refractivity contribution < 1.29 is 28.2 Å². The average molecular weight is 636 g/mol. The lowest BCUT2D eigenvalue weighted by atomic mass is 10.2. The highest BCUT2D eigenvalue weighted by Gasteiger charge is 2.15. The van der Waals surface area contributed by atoms with E-state index in [0.717, 1.165) is 13.4 Å². The SMILES string of the molecule is CCOC(=O)COc1c(Cl)cc(/C=N\NC(=O)c2cc3cc(Br)cc(I)c3o2)cc1OC. The lowest BCUT2D eigenvalue weighted by molar-refractivity contribution is -0.145. The monoisotopic (exact) mass is 634 g/mol. The minimum absolute atomic E-state index is 0.131. The van der Waals surface area contributed by atoms with Crippen LogP contribution >= 0.6 is 50.1 Å². The lowest BCUT2D eigenvalue weighted by Gasteiger charge is -2.12. The molecule has 1 aromatic heterocycles. The molecule has 0 radical (unpaired) electrons. The topological polar surface area (TPSA) is 99.4 Å². The second-order valence-electron chi connectivity index (χ2n) is 6.24. The summed E-state index contributed by atoms with van der Waals surface area (Å²) in [5.74, 6) is -0.395. The molecule has 0 unspecified atom stereocenters. The molecule has 0 aliphatic rings. The highest BCUT2D eigenvalue weighted by molar-refractivity contribution is 14.1. The number of furan rings is 1. The third kappa shape index (κ3) is 5.93. The molecular formula is C21H17BrClIN2O6. The Morgan fingerprint density at radius 2 is 2.06 bits per heavy atom. The van der Waals surface area contributed by atoms with Crippen molar-refractivity contribution in [3.8, 4) is 11.5 Å². The van der Waals surface area contributed by atoms with Crippen LogP contribution in [0, 0.1) is 3.57 Å². The van der Waals surface area contributed by atoms with Crippen molar-refractivity contribution in [1.29, 1.82) is 0 Å². The van der Waals surface area contributed by atoms with Crippen LogP contribution in [0.2, 0.25) is 5.02 Å². The molecule has 0 saturated heterocycles. The highest BCUT2D eigenvalue weighted by Crippen LogP contribution is 2.36. The summed E-state index contributed by atoms with van der Waals surface area (Å²) in [6, 6.07) is 8.55. The van der Waals surface area contributed by atoms with Gasteiger partial charge in [0.2, 0.25) is 0 Å². The number of rotatable bonds is 8. The maximum absolute atomic E-state index is 12.4. The quantitative estimate of drug-likeness (QED) is 0.159. The fourth-order valence-corrected chi connectivity index (χ4v) is 4.63. The van der Waals surface area contributed by atoms with Crippen LogP contribution in [0.3, 0.4) is 0 Å². The summed E-state index contributed by atoms with van der Waals surface area (Å²) in [4.78, 5) is 23.9. The van der Waals surface area contributed by atoms with Crippen molar-refractivity contribution in [2.45, 2.75) is 6.92 Å². The summed E-state index contributed by atoms with van der Waals surface area (Å²) in [6.45, 7) is 1.64. The van der Waals surface area contributed by atoms with E-state index in [1.807, 2.05) is 12.1 Å². The number of nitrogens with one attached hydrogen (secondary N) is 1. The number of nitrogens with zero attached hydrogens (tertiary/aromatic N) is 1. The van der Waals surface area contributed by atoms with Crippen LogP contribution < -0.4 is 14.9 Å². The maximum atomic E-state index is 12.4.